The molecule has 0 amide bonds. The second-order valence-corrected chi connectivity index (χ2v) is 9.66. The second-order valence-electron chi connectivity index (χ2n) is 9.66. The lowest BCUT2D eigenvalue weighted by atomic mass is 9.76. The molecule has 0 atom stereocenters. The van der Waals surface area contributed by atoms with Crippen molar-refractivity contribution in [2.45, 2.75) is 65.3 Å². The molecule has 2 heterocycles. The first-order valence-electron chi connectivity index (χ1n) is 10.0. The van der Waals surface area contributed by atoms with E-state index in [0.717, 1.165) is 27.3 Å². The summed E-state index contributed by atoms with van der Waals surface area (Å²) in [6, 6.07) is 13.7. The van der Waals surface area contributed by atoms with Crippen molar-refractivity contribution in [3.8, 4) is 0 Å². The van der Waals surface area contributed by atoms with E-state index >= 15 is 0 Å². The van der Waals surface area contributed by atoms with Gasteiger partial charge in [0.2, 0.25) is 0 Å². The molecule has 3 aromatic rings. The Morgan fingerprint density at radius 2 is 1.52 bits per heavy atom. The molecule has 0 saturated carbocycles. The smallest absolute Gasteiger partial charge is 0.443 e. The van der Waals surface area contributed by atoms with Crippen LogP contribution in [0, 0.1) is 0 Å². The van der Waals surface area contributed by atoms with E-state index < -0.39 is 30.0 Å². The Balaban J connectivity index is 1.95. The van der Waals surface area contributed by atoms with Gasteiger partial charge in [0.15, 0.2) is 0 Å². The number of para-hydroxylation sites is 1. The van der Waals surface area contributed by atoms with Gasteiger partial charge >= 0.3 is 13.2 Å². The summed E-state index contributed by atoms with van der Waals surface area (Å²) in [4.78, 5) is 13.1. The molecule has 1 aromatic heterocycles. The highest BCUT2D eigenvalue weighted by atomic mass is 16.7. The summed E-state index contributed by atoms with van der Waals surface area (Å²) in [6.45, 7) is 13.8. The molecule has 1 aliphatic heterocycles. The van der Waals surface area contributed by atoms with Gasteiger partial charge in [0, 0.05) is 10.8 Å². The standard InChI is InChI=1S/C23H28BNO4/c1-21(2,3)27-20(26)25-17-13-9-8-11-15(17)19-16(12-10-14-18(19)25)24-28-22(4,5)23(6,7)29-24/h8-14H,1-7H3. The Kier molecular flexibility index (Phi) is 4.37. The van der Waals surface area contributed by atoms with Gasteiger partial charge < -0.3 is 14.0 Å². The van der Waals surface area contributed by atoms with Crippen molar-refractivity contribution in [1.29, 1.82) is 0 Å². The fourth-order valence-electron chi connectivity index (χ4n) is 3.72. The number of nitrogens with zero attached hydrogens (tertiary/aromatic N) is 1. The van der Waals surface area contributed by atoms with Crippen molar-refractivity contribution in [2.24, 2.45) is 0 Å². The molecule has 1 saturated heterocycles. The molecule has 0 radical (unpaired) electrons. The zero-order valence-corrected chi connectivity index (χ0v) is 18.2. The van der Waals surface area contributed by atoms with Crippen LogP contribution in [0.15, 0.2) is 42.5 Å². The average molecular weight is 393 g/mol. The number of ether oxygens (including phenoxy) is 1. The number of carbonyl (C=O) groups is 1. The number of aromatic nitrogens is 1. The molecular weight excluding hydrogens is 365 g/mol. The largest absolute Gasteiger partial charge is 0.495 e. The molecular formula is C23H28BNO4. The third-order valence-electron chi connectivity index (χ3n) is 5.81. The van der Waals surface area contributed by atoms with Gasteiger partial charge in [-0.15, -0.1) is 0 Å². The van der Waals surface area contributed by atoms with Gasteiger partial charge in [-0.3, -0.25) is 0 Å². The lowest BCUT2D eigenvalue weighted by Gasteiger charge is -2.32. The normalized spacial score (nSPS) is 18.5. The van der Waals surface area contributed by atoms with Gasteiger partial charge in [-0.1, -0.05) is 30.3 Å². The fraction of sp³-hybridized carbons (Fsp3) is 0.435. The highest BCUT2D eigenvalue weighted by Gasteiger charge is 2.52. The highest BCUT2D eigenvalue weighted by molar-refractivity contribution is 6.66. The van der Waals surface area contributed by atoms with E-state index in [2.05, 4.69) is 0 Å². The van der Waals surface area contributed by atoms with Crippen molar-refractivity contribution in [1.82, 2.24) is 4.57 Å². The molecule has 0 aliphatic carbocycles. The number of fused-ring (bicyclic) bond motifs is 3. The van der Waals surface area contributed by atoms with E-state index in [4.69, 9.17) is 14.0 Å². The van der Waals surface area contributed by atoms with Crippen molar-refractivity contribution in [2.75, 3.05) is 0 Å². The average Bonchev–Trinajstić information content (AvgIpc) is 3.04. The molecule has 0 bridgehead atoms. The van der Waals surface area contributed by atoms with Gasteiger partial charge in [-0.25, -0.2) is 9.36 Å². The summed E-state index contributed by atoms with van der Waals surface area (Å²) in [5, 5.41) is 1.92. The molecule has 0 N–H and O–H groups in total. The summed E-state index contributed by atoms with van der Waals surface area (Å²) in [7, 11) is -0.512. The SMILES string of the molecule is CC(C)(C)OC(=O)n1c2ccccc2c2c(B3OC(C)(C)C(C)(C)O3)cccc21. The van der Waals surface area contributed by atoms with Crippen LogP contribution in [0.4, 0.5) is 4.79 Å². The quantitative estimate of drug-likeness (QED) is 0.553. The molecule has 1 aliphatic rings. The van der Waals surface area contributed by atoms with Crippen LogP contribution < -0.4 is 5.46 Å². The number of hydrogen-bond acceptors (Lipinski definition) is 4. The monoisotopic (exact) mass is 393 g/mol. The van der Waals surface area contributed by atoms with E-state index in [9.17, 15) is 4.79 Å². The lowest BCUT2D eigenvalue weighted by Crippen LogP contribution is -2.41. The van der Waals surface area contributed by atoms with Gasteiger partial charge in [0.25, 0.3) is 0 Å². The third-order valence-corrected chi connectivity index (χ3v) is 5.81. The molecule has 29 heavy (non-hydrogen) atoms. The van der Waals surface area contributed by atoms with Gasteiger partial charge in [-0.2, -0.15) is 0 Å². The topological polar surface area (TPSA) is 49.7 Å². The van der Waals surface area contributed by atoms with Crippen LogP contribution in [0.5, 0.6) is 0 Å². The van der Waals surface area contributed by atoms with Crippen LogP contribution in [0.25, 0.3) is 21.8 Å². The molecule has 152 valence electrons. The summed E-state index contributed by atoms with van der Waals surface area (Å²) in [6.07, 6.45) is -0.394. The van der Waals surface area contributed by atoms with E-state index in [1.807, 2.05) is 90.9 Å². The van der Waals surface area contributed by atoms with E-state index in [1.165, 1.54) is 0 Å². The predicted octanol–water partition coefficient (Wildman–Crippen LogP) is 4.88. The van der Waals surface area contributed by atoms with Crippen LogP contribution >= 0.6 is 0 Å². The Labute approximate surface area is 172 Å². The highest BCUT2D eigenvalue weighted by Crippen LogP contribution is 2.38. The van der Waals surface area contributed by atoms with E-state index in [-0.39, 0.29) is 0 Å². The van der Waals surface area contributed by atoms with Crippen molar-refractivity contribution >= 4 is 40.5 Å². The van der Waals surface area contributed by atoms with Crippen LogP contribution in [-0.4, -0.2) is 34.6 Å². The van der Waals surface area contributed by atoms with Gasteiger partial charge in [0.1, 0.15) is 5.60 Å². The first kappa shape index (κ1) is 20.0. The van der Waals surface area contributed by atoms with Crippen LogP contribution in [-0.2, 0) is 14.0 Å². The fourth-order valence-corrected chi connectivity index (χ4v) is 3.72. The van der Waals surface area contributed by atoms with Gasteiger partial charge in [-0.05, 0) is 66.1 Å². The molecule has 6 heteroatoms. The maximum absolute atomic E-state index is 13.1. The lowest BCUT2D eigenvalue weighted by molar-refractivity contribution is 0.00578. The molecule has 1 fully saturated rings. The van der Waals surface area contributed by atoms with Crippen LogP contribution in [0.1, 0.15) is 48.5 Å². The minimum atomic E-state index is -0.585. The first-order valence-corrected chi connectivity index (χ1v) is 10.0. The number of rotatable bonds is 1. The summed E-state index contributed by atoms with van der Waals surface area (Å²) in [5.74, 6) is 0. The third kappa shape index (κ3) is 3.24. The van der Waals surface area contributed by atoms with E-state index in [0.29, 0.717) is 0 Å². The van der Waals surface area contributed by atoms with Crippen molar-refractivity contribution in [3.05, 3.63) is 42.5 Å². The zero-order valence-electron chi connectivity index (χ0n) is 18.2. The van der Waals surface area contributed by atoms with Crippen molar-refractivity contribution < 1.29 is 18.8 Å². The summed E-state index contributed by atoms with van der Waals surface area (Å²) >= 11 is 0. The summed E-state index contributed by atoms with van der Waals surface area (Å²) < 4.78 is 20.0. The Morgan fingerprint density at radius 1 is 0.931 bits per heavy atom. The summed E-state index contributed by atoms with van der Waals surface area (Å²) in [5.41, 5.74) is 1.04. The number of carbonyl (C=O) groups excluding carboxylic acids is 1. The molecule has 4 rings (SSSR count). The predicted molar refractivity (Wildman–Crippen MR) is 117 cm³/mol. The van der Waals surface area contributed by atoms with Gasteiger partial charge in [0.05, 0.1) is 22.2 Å². The number of benzene rings is 2. The molecule has 0 unspecified atom stereocenters. The number of hydrogen-bond donors (Lipinski definition) is 0. The molecule has 5 nitrogen and oxygen atoms in total. The Bertz CT molecular complexity index is 1090. The Hall–Kier alpha value is -2.31. The molecule has 0 spiro atoms. The van der Waals surface area contributed by atoms with Crippen molar-refractivity contribution in [3.63, 3.8) is 0 Å². The zero-order chi connectivity index (χ0) is 21.2. The minimum absolute atomic E-state index is 0.394. The maximum Gasteiger partial charge on any atom is 0.495 e. The Morgan fingerprint density at radius 3 is 2.14 bits per heavy atom. The van der Waals surface area contributed by atoms with Crippen LogP contribution in [0.2, 0.25) is 0 Å². The van der Waals surface area contributed by atoms with Crippen LogP contribution in [0.3, 0.4) is 0 Å². The van der Waals surface area contributed by atoms with E-state index in [1.54, 1.807) is 4.57 Å². The second kappa shape index (κ2) is 6.35. The minimum Gasteiger partial charge on any atom is -0.443 e. The molecule has 2 aromatic carbocycles. The first-order chi connectivity index (χ1) is 13.4. The maximum atomic E-state index is 13.1.